The summed E-state index contributed by atoms with van der Waals surface area (Å²) in [6, 6.07) is 3.75. The topological polar surface area (TPSA) is 107 Å². The number of nitrogens with one attached hydrogen (secondary N) is 1. The molecule has 3 N–H and O–H groups in total. The van der Waals surface area contributed by atoms with Gasteiger partial charge in [0, 0.05) is 12.5 Å². The number of para-hydroxylation sites is 1. The summed E-state index contributed by atoms with van der Waals surface area (Å²) in [7, 11) is 0. The van der Waals surface area contributed by atoms with Crippen molar-refractivity contribution in [2.45, 2.75) is 25.8 Å². The van der Waals surface area contributed by atoms with Gasteiger partial charge in [0.25, 0.3) is 0 Å². The van der Waals surface area contributed by atoms with E-state index in [1.54, 1.807) is 0 Å². The quantitative estimate of drug-likeness (QED) is 0.534. The molecule has 1 aromatic rings. The van der Waals surface area contributed by atoms with Crippen LogP contribution in [0.1, 0.15) is 19.8 Å². The lowest BCUT2D eigenvalue weighted by molar-refractivity contribution is -0.385. The summed E-state index contributed by atoms with van der Waals surface area (Å²) in [4.78, 5) is 21.6. The van der Waals surface area contributed by atoms with Gasteiger partial charge in [-0.15, -0.1) is 0 Å². The predicted molar refractivity (Wildman–Crippen MR) is 79.5 cm³/mol. The molecule has 7 nitrogen and oxygen atoms in total. The average molecular weight is 316 g/mol. The minimum absolute atomic E-state index is 0.00267. The van der Waals surface area contributed by atoms with Gasteiger partial charge in [0.2, 0.25) is 11.7 Å². The molecule has 0 aliphatic carbocycles. The van der Waals surface area contributed by atoms with Crippen molar-refractivity contribution in [3.8, 4) is 5.75 Å². The van der Waals surface area contributed by atoms with E-state index in [-0.39, 0.29) is 23.1 Å². The number of nitrogens with zero attached hydrogens (tertiary/aromatic N) is 1. The van der Waals surface area contributed by atoms with Crippen molar-refractivity contribution in [2.75, 3.05) is 13.2 Å². The Labute approximate surface area is 127 Å². The lowest BCUT2D eigenvalue weighted by Gasteiger charge is -2.15. The molecule has 8 heteroatoms. The van der Waals surface area contributed by atoms with E-state index in [1.165, 1.54) is 18.2 Å². The number of benzene rings is 1. The van der Waals surface area contributed by atoms with Crippen LogP contribution in [0.3, 0.4) is 0 Å². The van der Waals surface area contributed by atoms with Crippen LogP contribution < -0.4 is 15.8 Å². The highest BCUT2D eigenvalue weighted by atomic mass is 35.5. The van der Waals surface area contributed by atoms with Crippen molar-refractivity contribution in [3.05, 3.63) is 33.3 Å². The number of amides is 1. The van der Waals surface area contributed by atoms with Gasteiger partial charge < -0.3 is 15.8 Å². The molecule has 0 spiro atoms. The van der Waals surface area contributed by atoms with Crippen LogP contribution in [0.25, 0.3) is 0 Å². The number of carbonyl (C=O) groups excluding carboxylic acids is 1. The van der Waals surface area contributed by atoms with E-state index in [2.05, 4.69) is 5.32 Å². The molecule has 1 unspecified atom stereocenters. The standard InChI is InChI=1S/C13H18ClN3O4/c1-2-7-16-10(13(15)18)6-8-21-12-9(14)4-3-5-11(12)17(19)20/h3-5,10,16H,2,6-8H2,1H3,(H2,15,18). The molecule has 0 aliphatic heterocycles. The Morgan fingerprint density at radius 3 is 2.86 bits per heavy atom. The predicted octanol–water partition coefficient (Wildman–Crippen LogP) is 1.87. The van der Waals surface area contributed by atoms with Gasteiger partial charge >= 0.3 is 5.69 Å². The largest absolute Gasteiger partial charge is 0.486 e. The highest BCUT2D eigenvalue weighted by Crippen LogP contribution is 2.34. The lowest BCUT2D eigenvalue weighted by Crippen LogP contribution is -2.42. The summed E-state index contributed by atoms with van der Waals surface area (Å²) in [5.74, 6) is -0.483. The number of nitro benzene ring substituents is 1. The molecule has 116 valence electrons. The molecule has 0 aliphatic rings. The second kappa shape index (κ2) is 8.43. The first-order chi connectivity index (χ1) is 9.97. The van der Waals surface area contributed by atoms with Gasteiger partial charge in [0.1, 0.15) is 0 Å². The molecule has 0 radical (unpaired) electrons. The second-order valence-corrected chi connectivity index (χ2v) is 4.80. The summed E-state index contributed by atoms with van der Waals surface area (Å²) in [5.41, 5.74) is 5.07. The minimum Gasteiger partial charge on any atom is -0.486 e. The maximum absolute atomic E-state index is 11.3. The maximum atomic E-state index is 11.3. The molecule has 1 aromatic carbocycles. The van der Waals surface area contributed by atoms with Gasteiger partial charge in [-0.2, -0.15) is 0 Å². The second-order valence-electron chi connectivity index (χ2n) is 4.39. The Bertz CT molecular complexity index is 510. The van der Waals surface area contributed by atoms with Crippen LogP contribution in [-0.4, -0.2) is 30.0 Å². The third-order valence-corrected chi connectivity index (χ3v) is 3.08. The van der Waals surface area contributed by atoms with Gasteiger partial charge in [-0.3, -0.25) is 14.9 Å². The Morgan fingerprint density at radius 2 is 2.29 bits per heavy atom. The zero-order chi connectivity index (χ0) is 15.8. The molecule has 1 atom stereocenters. The Balaban J connectivity index is 2.66. The van der Waals surface area contributed by atoms with E-state index < -0.39 is 16.9 Å². The SMILES string of the molecule is CCCNC(CCOc1c(Cl)cccc1[N+](=O)[O-])C(N)=O. The van der Waals surface area contributed by atoms with Crippen LogP contribution in [-0.2, 0) is 4.79 Å². The molecule has 0 saturated heterocycles. The highest BCUT2D eigenvalue weighted by Gasteiger charge is 2.20. The van der Waals surface area contributed by atoms with Crippen LogP contribution in [0.15, 0.2) is 18.2 Å². The molecule has 0 aromatic heterocycles. The number of hydrogen-bond acceptors (Lipinski definition) is 5. The molecule has 21 heavy (non-hydrogen) atoms. The van der Waals surface area contributed by atoms with E-state index >= 15 is 0 Å². The number of halogens is 1. The average Bonchev–Trinajstić information content (AvgIpc) is 2.43. The fourth-order valence-corrected chi connectivity index (χ4v) is 1.95. The van der Waals surface area contributed by atoms with Crippen molar-refractivity contribution < 1.29 is 14.5 Å². The van der Waals surface area contributed by atoms with E-state index in [9.17, 15) is 14.9 Å². The Hall–Kier alpha value is -1.86. The summed E-state index contributed by atoms with van der Waals surface area (Å²) in [6.45, 7) is 2.71. The first-order valence-corrected chi connectivity index (χ1v) is 6.93. The summed E-state index contributed by atoms with van der Waals surface area (Å²) in [6.07, 6.45) is 1.17. The molecular formula is C13H18ClN3O4. The van der Waals surface area contributed by atoms with Crippen LogP contribution in [0.5, 0.6) is 5.75 Å². The van der Waals surface area contributed by atoms with Crippen LogP contribution in [0.4, 0.5) is 5.69 Å². The molecule has 0 saturated carbocycles. The zero-order valence-corrected chi connectivity index (χ0v) is 12.4. The van der Waals surface area contributed by atoms with Gasteiger partial charge in [-0.1, -0.05) is 24.6 Å². The lowest BCUT2D eigenvalue weighted by atomic mass is 10.2. The van der Waals surface area contributed by atoms with Gasteiger partial charge in [-0.05, 0) is 19.0 Å². The van der Waals surface area contributed by atoms with E-state index in [1.807, 2.05) is 6.92 Å². The first-order valence-electron chi connectivity index (χ1n) is 6.55. The fraction of sp³-hybridized carbons (Fsp3) is 0.462. The van der Waals surface area contributed by atoms with E-state index in [0.717, 1.165) is 6.42 Å². The number of rotatable bonds is 9. The van der Waals surface area contributed by atoms with Crippen LogP contribution in [0.2, 0.25) is 5.02 Å². The smallest absolute Gasteiger partial charge is 0.312 e. The van der Waals surface area contributed by atoms with Gasteiger partial charge in [-0.25, -0.2) is 0 Å². The third-order valence-electron chi connectivity index (χ3n) is 2.78. The molecule has 0 heterocycles. The maximum Gasteiger partial charge on any atom is 0.312 e. The zero-order valence-electron chi connectivity index (χ0n) is 11.7. The fourth-order valence-electron chi connectivity index (χ4n) is 1.73. The number of carbonyl (C=O) groups is 1. The van der Waals surface area contributed by atoms with Crippen molar-refractivity contribution >= 4 is 23.2 Å². The van der Waals surface area contributed by atoms with E-state index in [0.29, 0.717) is 13.0 Å². The van der Waals surface area contributed by atoms with Crippen molar-refractivity contribution in [1.29, 1.82) is 0 Å². The van der Waals surface area contributed by atoms with Crippen molar-refractivity contribution in [1.82, 2.24) is 5.32 Å². The van der Waals surface area contributed by atoms with E-state index in [4.69, 9.17) is 22.1 Å². The number of primary amides is 1. The first kappa shape index (κ1) is 17.2. The molecular weight excluding hydrogens is 298 g/mol. The number of ether oxygens (including phenoxy) is 1. The third kappa shape index (κ3) is 5.20. The van der Waals surface area contributed by atoms with Crippen molar-refractivity contribution in [2.24, 2.45) is 5.73 Å². The number of nitro groups is 1. The molecule has 0 fully saturated rings. The normalized spacial score (nSPS) is 11.9. The van der Waals surface area contributed by atoms with Gasteiger partial charge in [0.15, 0.2) is 0 Å². The Kier molecular flexibility index (Phi) is 6.90. The number of nitrogens with two attached hydrogens (primary N) is 1. The van der Waals surface area contributed by atoms with Gasteiger partial charge in [0.05, 0.1) is 22.6 Å². The molecule has 1 rings (SSSR count). The Morgan fingerprint density at radius 1 is 1.57 bits per heavy atom. The number of hydrogen-bond donors (Lipinski definition) is 2. The summed E-state index contributed by atoms with van der Waals surface area (Å²) in [5, 5.41) is 14.0. The molecule has 1 amide bonds. The summed E-state index contributed by atoms with van der Waals surface area (Å²) >= 11 is 5.90. The molecule has 0 bridgehead atoms. The monoisotopic (exact) mass is 315 g/mol. The van der Waals surface area contributed by atoms with Crippen LogP contribution >= 0.6 is 11.6 Å². The summed E-state index contributed by atoms with van der Waals surface area (Å²) < 4.78 is 5.37. The minimum atomic E-state index is -0.567. The van der Waals surface area contributed by atoms with Crippen LogP contribution in [0, 0.1) is 10.1 Å². The van der Waals surface area contributed by atoms with Crippen molar-refractivity contribution in [3.63, 3.8) is 0 Å². The highest BCUT2D eigenvalue weighted by molar-refractivity contribution is 6.32.